The van der Waals surface area contributed by atoms with Crippen LogP contribution in [0.1, 0.15) is 41.4 Å². The fraction of sp³-hybridized carbons (Fsp3) is 0.273. The van der Waals surface area contributed by atoms with Crippen LogP contribution in [0.25, 0.3) is 10.9 Å². The van der Waals surface area contributed by atoms with E-state index in [0.717, 1.165) is 12.8 Å². The van der Waals surface area contributed by atoms with Gasteiger partial charge in [-0.2, -0.15) is 0 Å². The second-order valence-corrected chi connectivity index (χ2v) is 7.10. The molecule has 0 spiro atoms. The molecule has 1 N–H and O–H groups in total. The van der Waals surface area contributed by atoms with Crippen molar-refractivity contribution in [3.63, 3.8) is 0 Å². The Kier molecular flexibility index (Phi) is 6.05. The van der Waals surface area contributed by atoms with Crippen LogP contribution in [0.4, 0.5) is 0 Å². The molecule has 2 aromatic carbocycles. The van der Waals surface area contributed by atoms with E-state index < -0.39 is 0 Å². The number of halogens is 1. The summed E-state index contributed by atoms with van der Waals surface area (Å²) in [7, 11) is 0. The minimum atomic E-state index is -0.353. The summed E-state index contributed by atoms with van der Waals surface area (Å²) in [5, 5.41) is 11.0. The average Bonchev–Trinajstić information content (AvgIpc) is 2.92. The molecule has 1 aromatic heterocycles. The van der Waals surface area contributed by atoms with Gasteiger partial charge in [-0.25, -0.2) is 0 Å². The first-order valence-corrected chi connectivity index (χ1v) is 9.59. The fourth-order valence-corrected chi connectivity index (χ4v) is 3.42. The average molecular weight is 400 g/mol. The number of carbonyl (C=O) groups is 2. The number of hydrogen-bond acceptors (Lipinski definition) is 4. The minimum absolute atomic E-state index is 0.0331. The van der Waals surface area contributed by atoms with Crippen LogP contribution >= 0.6 is 11.6 Å². The number of aromatic nitrogens is 1. The Morgan fingerprint density at radius 3 is 2.68 bits per heavy atom. The molecule has 3 aromatic rings. The molecule has 0 atom stereocenters. The van der Waals surface area contributed by atoms with E-state index in [0.29, 0.717) is 39.4 Å². The highest BCUT2D eigenvalue weighted by Gasteiger charge is 2.22. The fourth-order valence-electron chi connectivity index (χ4n) is 3.23. The largest absolute Gasteiger partial charge is 0.508 e. The van der Waals surface area contributed by atoms with Crippen LogP contribution in [-0.2, 0) is 16.0 Å². The van der Waals surface area contributed by atoms with Gasteiger partial charge in [0.25, 0.3) is 5.91 Å². The lowest BCUT2D eigenvalue weighted by molar-refractivity contribution is -0.142. The van der Waals surface area contributed by atoms with Crippen molar-refractivity contribution in [3.05, 3.63) is 64.3 Å². The van der Waals surface area contributed by atoms with Crippen molar-refractivity contribution >= 4 is 34.4 Å². The number of esters is 1. The van der Waals surface area contributed by atoms with E-state index in [-0.39, 0.29) is 24.0 Å². The molecule has 0 aliphatic heterocycles. The predicted molar refractivity (Wildman–Crippen MR) is 109 cm³/mol. The maximum atomic E-state index is 13.2. The molecule has 6 heteroatoms. The summed E-state index contributed by atoms with van der Waals surface area (Å²) < 4.78 is 6.83. The lowest BCUT2D eigenvalue weighted by Gasteiger charge is -2.08. The van der Waals surface area contributed by atoms with Gasteiger partial charge < -0.3 is 9.84 Å². The summed E-state index contributed by atoms with van der Waals surface area (Å²) in [5.74, 6) is -0.532. The molecule has 0 saturated carbocycles. The number of rotatable bonds is 6. The molecule has 0 aliphatic carbocycles. The number of benzene rings is 2. The molecule has 146 valence electrons. The van der Waals surface area contributed by atoms with Gasteiger partial charge in [-0.1, -0.05) is 31.0 Å². The van der Waals surface area contributed by atoms with E-state index in [9.17, 15) is 14.7 Å². The van der Waals surface area contributed by atoms with Crippen LogP contribution in [0.2, 0.25) is 5.02 Å². The third-order valence-corrected chi connectivity index (χ3v) is 4.91. The Balaban J connectivity index is 2.05. The van der Waals surface area contributed by atoms with Gasteiger partial charge in [-0.15, -0.1) is 0 Å². The summed E-state index contributed by atoms with van der Waals surface area (Å²) in [6.07, 6.45) is 1.78. The number of aromatic hydroxyl groups is 1. The molecule has 0 radical (unpaired) electrons. The summed E-state index contributed by atoms with van der Waals surface area (Å²) >= 11 is 6.03. The van der Waals surface area contributed by atoms with E-state index in [1.54, 1.807) is 47.9 Å². The molecule has 0 bridgehead atoms. The number of nitrogens with zero attached hydrogens (tertiary/aromatic N) is 1. The van der Waals surface area contributed by atoms with Crippen LogP contribution < -0.4 is 0 Å². The first-order chi connectivity index (χ1) is 13.4. The molecule has 0 amide bonds. The first-order valence-electron chi connectivity index (χ1n) is 9.21. The number of carbonyl (C=O) groups excluding carboxylic acids is 2. The first kappa shape index (κ1) is 20.0. The third-order valence-electron chi connectivity index (χ3n) is 4.68. The van der Waals surface area contributed by atoms with E-state index >= 15 is 0 Å². The van der Waals surface area contributed by atoms with Crippen LogP contribution in [-0.4, -0.2) is 28.2 Å². The Labute approximate surface area is 168 Å². The van der Waals surface area contributed by atoms with Gasteiger partial charge in [-0.05, 0) is 55.3 Å². The smallest absolute Gasteiger partial charge is 0.310 e. The second kappa shape index (κ2) is 8.48. The highest BCUT2D eigenvalue weighted by molar-refractivity contribution is 6.31. The predicted octanol–water partition coefficient (Wildman–Crippen LogP) is 4.88. The van der Waals surface area contributed by atoms with Crippen molar-refractivity contribution < 1.29 is 19.4 Å². The molecule has 0 unspecified atom stereocenters. The third kappa shape index (κ3) is 4.04. The Hall–Kier alpha value is -2.79. The van der Waals surface area contributed by atoms with Crippen LogP contribution in [0.5, 0.6) is 5.75 Å². The van der Waals surface area contributed by atoms with Crippen LogP contribution in [0.3, 0.4) is 0 Å². The van der Waals surface area contributed by atoms with Gasteiger partial charge >= 0.3 is 5.97 Å². The van der Waals surface area contributed by atoms with Gasteiger partial charge in [0, 0.05) is 21.7 Å². The summed E-state index contributed by atoms with van der Waals surface area (Å²) in [4.78, 5) is 25.4. The molecular formula is C22H22ClNO4. The van der Waals surface area contributed by atoms with Crippen molar-refractivity contribution in [1.82, 2.24) is 4.57 Å². The monoisotopic (exact) mass is 399 g/mol. The van der Waals surface area contributed by atoms with Crippen molar-refractivity contribution in [2.75, 3.05) is 6.61 Å². The maximum Gasteiger partial charge on any atom is 0.310 e. The van der Waals surface area contributed by atoms with E-state index in [1.165, 1.54) is 6.07 Å². The second-order valence-electron chi connectivity index (χ2n) is 6.67. The van der Waals surface area contributed by atoms with Gasteiger partial charge in [0.05, 0.1) is 18.5 Å². The lowest BCUT2D eigenvalue weighted by atomic mass is 10.1. The van der Waals surface area contributed by atoms with Crippen molar-refractivity contribution in [2.24, 2.45) is 0 Å². The Bertz CT molecular complexity index is 1040. The van der Waals surface area contributed by atoms with Crippen LogP contribution in [0.15, 0.2) is 42.5 Å². The van der Waals surface area contributed by atoms with Crippen LogP contribution in [0, 0.1) is 6.92 Å². The van der Waals surface area contributed by atoms with Crippen molar-refractivity contribution in [2.45, 2.75) is 33.1 Å². The zero-order valence-corrected chi connectivity index (χ0v) is 16.6. The van der Waals surface area contributed by atoms with E-state index in [2.05, 4.69) is 0 Å². The van der Waals surface area contributed by atoms with E-state index in [1.807, 2.05) is 6.92 Å². The maximum absolute atomic E-state index is 13.2. The molecule has 5 nitrogen and oxygen atoms in total. The quantitative estimate of drug-likeness (QED) is 0.473. The number of phenolic OH excluding ortho intramolecular Hbond substituents is 1. The molecule has 28 heavy (non-hydrogen) atoms. The standard InChI is InChI=1S/C22H22ClNO4/c1-3-4-10-28-21(26)13-18-14(2)24(20-9-8-17(25)12-19(18)20)22(27)15-6-5-7-16(23)11-15/h5-9,11-12,25H,3-4,10,13H2,1-2H3. The Morgan fingerprint density at radius 1 is 1.18 bits per heavy atom. The Morgan fingerprint density at radius 2 is 1.96 bits per heavy atom. The molecule has 1 heterocycles. The SMILES string of the molecule is CCCCOC(=O)Cc1c(C)n(C(=O)c2cccc(Cl)c2)c2ccc(O)cc12. The number of ether oxygens (including phenoxy) is 1. The van der Waals surface area contributed by atoms with Gasteiger partial charge in [0.2, 0.25) is 0 Å². The van der Waals surface area contributed by atoms with Gasteiger partial charge in [-0.3, -0.25) is 14.2 Å². The molecule has 3 rings (SSSR count). The molecular weight excluding hydrogens is 378 g/mol. The van der Waals surface area contributed by atoms with E-state index in [4.69, 9.17) is 16.3 Å². The number of unbranched alkanes of at least 4 members (excludes halogenated alkanes) is 1. The number of phenols is 1. The summed E-state index contributed by atoms with van der Waals surface area (Å²) in [6.45, 7) is 4.18. The molecule has 0 saturated heterocycles. The number of hydrogen-bond donors (Lipinski definition) is 1. The molecule has 0 fully saturated rings. The summed E-state index contributed by atoms with van der Waals surface area (Å²) in [6, 6.07) is 11.5. The zero-order valence-electron chi connectivity index (χ0n) is 15.9. The summed E-state index contributed by atoms with van der Waals surface area (Å²) in [5.41, 5.74) is 2.37. The highest BCUT2D eigenvalue weighted by atomic mass is 35.5. The van der Waals surface area contributed by atoms with Gasteiger partial charge in [0.1, 0.15) is 5.75 Å². The lowest BCUT2D eigenvalue weighted by Crippen LogP contribution is -2.14. The van der Waals surface area contributed by atoms with Crippen molar-refractivity contribution in [3.8, 4) is 5.75 Å². The van der Waals surface area contributed by atoms with Gasteiger partial charge in [0.15, 0.2) is 0 Å². The zero-order chi connectivity index (χ0) is 20.3. The molecule has 0 aliphatic rings. The number of fused-ring (bicyclic) bond motifs is 1. The topological polar surface area (TPSA) is 68.5 Å². The minimum Gasteiger partial charge on any atom is -0.508 e. The van der Waals surface area contributed by atoms with Crippen molar-refractivity contribution in [1.29, 1.82) is 0 Å². The highest BCUT2D eigenvalue weighted by Crippen LogP contribution is 2.30. The normalized spacial score (nSPS) is 11.0.